The van der Waals surface area contributed by atoms with E-state index in [-0.39, 0.29) is 5.91 Å². The van der Waals surface area contributed by atoms with Gasteiger partial charge in [0.05, 0.1) is 7.11 Å². The number of carbonyl (C=O) groups is 1. The number of unbranched alkanes of at least 4 members (excludes halogenated alkanes) is 1. The van der Waals surface area contributed by atoms with Crippen LogP contribution in [0.5, 0.6) is 5.75 Å². The van der Waals surface area contributed by atoms with Crippen LogP contribution in [-0.2, 0) is 11.2 Å². The van der Waals surface area contributed by atoms with Gasteiger partial charge in [-0.25, -0.2) is 0 Å². The SMILES string of the molecule is COc1ccc(NC(=O)CCCCc2cccs2)cc1. The normalized spacial score (nSPS) is 10.2. The standard InChI is InChI=1S/C16H19NO2S/c1-19-14-10-8-13(9-11-14)17-16(18)7-3-2-5-15-6-4-12-20-15/h4,6,8-12H,2-3,5,7H2,1H3,(H,17,18). The molecule has 1 aromatic heterocycles. The topological polar surface area (TPSA) is 38.3 Å². The number of hydrogen-bond donors (Lipinski definition) is 1. The van der Waals surface area contributed by atoms with Crippen LogP contribution in [0, 0.1) is 0 Å². The minimum Gasteiger partial charge on any atom is -0.497 e. The van der Waals surface area contributed by atoms with Crippen LogP contribution in [0.1, 0.15) is 24.1 Å². The highest BCUT2D eigenvalue weighted by Gasteiger charge is 2.03. The Kier molecular flexibility index (Phi) is 5.62. The number of anilines is 1. The molecule has 20 heavy (non-hydrogen) atoms. The number of aryl methyl sites for hydroxylation is 1. The Hall–Kier alpha value is -1.81. The lowest BCUT2D eigenvalue weighted by Crippen LogP contribution is -2.11. The largest absolute Gasteiger partial charge is 0.497 e. The van der Waals surface area contributed by atoms with Gasteiger partial charge < -0.3 is 10.1 Å². The second kappa shape index (κ2) is 7.70. The first-order chi connectivity index (χ1) is 9.78. The number of hydrogen-bond acceptors (Lipinski definition) is 3. The summed E-state index contributed by atoms with van der Waals surface area (Å²) in [5, 5.41) is 4.98. The Labute approximate surface area is 123 Å². The van der Waals surface area contributed by atoms with Crippen molar-refractivity contribution in [1.29, 1.82) is 0 Å². The van der Waals surface area contributed by atoms with E-state index in [2.05, 4.69) is 22.8 Å². The Morgan fingerprint density at radius 2 is 2.00 bits per heavy atom. The van der Waals surface area contributed by atoms with E-state index in [1.54, 1.807) is 18.4 Å². The number of amides is 1. The van der Waals surface area contributed by atoms with Gasteiger partial charge in [0, 0.05) is 17.0 Å². The molecule has 0 aliphatic rings. The van der Waals surface area contributed by atoms with Crippen LogP contribution in [0.25, 0.3) is 0 Å². The zero-order chi connectivity index (χ0) is 14.2. The molecule has 0 fully saturated rings. The first-order valence-corrected chi connectivity index (χ1v) is 7.62. The summed E-state index contributed by atoms with van der Waals surface area (Å²) in [7, 11) is 1.63. The van der Waals surface area contributed by atoms with Crippen LogP contribution in [0.4, 0.5) is 5.69 Å². The van der Waals surface area contributed by atoms with Crippen molar-refractivity contribution >= 4 is 22.9 Å². The van der Waals surface area contributed by atoms with Gasteiger partial charge in [-0.05, 0) is 55.0 Å². The van der Waals surface area contributed by atoms with Crippen LogP contribution in [0.3, 0.4) is 0 Å². The molecule has 4 heteroatoms. The summed E-state index contributed by atoms with van der Waals surface area (Å²) in [5.41, 5.74) is 0.814. The second-order valence-corrected chi connectivity index (χ2v) is 5.60. The second-order valence-electron chi connectivity index (χ2n) is 4.56. The fraction of sp³-hybridized carbons (Fsp3) is 0.312. The lowest BCUT2D eigenvalue weighted by Gasteiger charge is -2.06. The molecule has 0 radical (unpaired) electrons. The van der Waals surface area contributed by atoms with Crippen molar-refractivity contribution in [1.82, 2.24) is 0 Å². The molecule has 0 aliphatic heterocycles. The summed E-state index contributed by atoms with van der Waals surface area (Å²) in [6.45, 7) is 0. The predicted molar refractivity (Wildman–Crippen MR) is 83.5 cm³/mol. The summed E-state index contributed by atoms with van der Waals surface area (Å²) >= 11 is 1.78. The quantitative estimate of drug-likeness (QED) is 0.779. The lowest BCUT2D eigenvalue weighted by molar-refractivity contribution is -0.116. The fourth-order valence-electron chi connectivity index (χ4n) is 1.94. The number of benzene rings is 1. The molecular formula is C16H19NO2S. The minimum absolute atomic E-state index is 0.0707. The highest BCUT2D eigenvalue weighted by Crippen LogP contribution is 2.16. The lowest BCUT2D eigenvalue weighted by atomic mass is 10.1. The van der Waals surface area contributed by atoms with Crippen molar-refractivity contribution in [3.63, 3.8) is 0 Å². The monoisotopic (exact) mass is 289 g/mol. The van der Waals surface area contributed by atoms with Crippen LogP contribution < -0.4 is 10.1 Å². The van der Waals surface area contributed by atoms with Crippen molar-refractivity contribution in [3.05, 3.63) is 46.7 Å². The number of carbonyl (C=O) groups excluding carboxylic acids is 1. The van der Waals surface area contributed by atoms with Gasteiger partial charge in [0.15, 0.2) is 0 Å². The van der Waals surface area contributed by atoms with Crippen molar-refractivity contribution in [3.8, 4) is 5.75 Å². The maximum absolute atomic E-state index is 11.8. The van der Waals surface area contributed by atoms with Crippen molar-refractivity contribution in [2.45, 2.75) is 25.7 Å². The minimum atomic E-state index is 0.0707. The average Bonchev–Trinajstić information content (AvgIpc) is 2.98. The van der Waals surface area contributed by atoms with Gasteiger partial charge in [-0.15, -0.1) is 11.3 Å². The van der Waals surface area contributed by atoms with Crippen LogP contribution in [-0.4, -0.2) is 13.0 Å². The highest BCUT2D eigenvalue weighted by molar-refractivity contribution is 7.09. The van der Waals surface area contributed by atoms with Crippen LogP contribution in [0.2, 0.25) is 0 Å². The fourth-order valence-corrected chi connectivity index (χ4v) is 2.69. The highest BCUT2D eigenvalue weighted by atomic mass is 32.1. The Morgan fingerprint density at radius 3 is 2.65 bits per heavy atom. The van der Waals surface area contributed by atoms with E-state index in [0.29, 0.717) is 6.42 Å². The van der Waals surface area contributed by atoms with Gasteiger partial charge in [0.25, 0.3) is 0 Å². The van der Waals surface area contributed by atoms with Crippen molar-refractivity contribution in [2.75, 3.05) is 12.4 Å². The smallest absolute Gasteiger partial charge is 0.224 e. The molecule has 1 aromatic carbocycles. The van der Waals surface area contributed by atoms with E-state index in [0.717, 1.165) is 30.7 Å². The molecule has 2 aromatic rings. The zero-order valence-electron chi connectivity index (χ0n) is 11.6. The molecule has 0 saturated heterocycles. The third-order valence-corrected chi connectivity index (χ3v) is 3.97. The summed E-state index contributed by atoms with van der Waals surface area (Å²) in [6.07, 6.45) is 3.60. The van der Waals surface area contributed by atoms with Crippen LogP contribution in [0.15, 0.2) is 41.8 Å². The number of methoxy groups -OCH3 is 1. The Balaban J connectivity index is 1.66. The molecule has 2 rings (SSSR count). The average molecular weight is 289 g/mol. The molecule has 106 valence electrons. The molecular weight excluding hydrogens is 270 g/mol. The molecule has 0 bridgehead atoms. The molecule has 0 atom stereocenters. The maximum atomic E-state index is 11.8. The van der Waals surface area contributed by atoms with E-state index in [1.807, 2.05) is 24.3 Å². The molecule has 3 nitrogen and oxygen atoms in total. The van der Waals surface area contributed by atoms with Gasteiger partial charge in [-0.1, -0.05) is 6.07 Å². The molecule has 0 unspecified atom stereocenters. The van der Waals surface area contributed by atoms with E-state index < -0.39 is 0 Å². The van der Waals surface area contributed by atoms with E-state index in [9.17, 15) is 4.79 Å². The number of ether oxygens (including phenoxy) is 1. The molecule has 1 heterocycles. The first-order valence-electron chi connectivity index (χ1n) is 6.74. The summed E-state index contributed by atoms with van der Waals surface area (Å²) in [5.74, 6) is 0.861. The third kappa shape index (κ3) is 4.70. The number of rotatable bonds is 7. The van der Waals surface area contributed by atoms with Crippen LogP contribution >= 0.6 is 11.3 Å². The Bertz CT molecular complexity index is 520. The van der Waals surface area contributed by atoms with Gasteiger partial charge >= 0.3 is 0 Å². The molecule has 0 aliphatic carbocycles. The van der Waals surface area contributed by atoms with E-state index in [1.165, 1.54) is 4.88 Å². The van der Waals surface area contributed by atoms with Crippen molar-refractivity contribution < 1.29 is 9.53 Å². The van der Waals surface area contributed by atoms with E-state index >= 15 is 0 Å². The predicted octanol–water partition coefficient (Wildman–Crippen LogP) is 4.11. The summed E-state index contributed by atoms with van der Waals surface area (Å²) in [4.78, 5) is 13.2. The first kappa shape index (κ1) is 14.6. The van der Waals surface area contributed by atoms with Gasteiger partial charge in [-0.2, -0.15) is 0 Å². The van der Waals surface area contributed by atoms with E-state index in [4.69, 9.17) is 4.74 Å². The zero-order valence-corrected chi connectivity index (χ0v) is 12.4. The summed E-state index contributed by atoms with van der Waals surface area (Å²) < 4.78 is 5.08. The molecule has 0 saturated carbocycles. The number of thiophene rings is 1. The Morgan fingerprint density at radius 1 is 1.20 bits per heavy atom. The van der Waals surface area contributed by atoms with Gasteiger partial charge in [0.1, 0.15) is 5.75 Å². The van der Waals surface area contributed by atoms with Gasteiger partial charge in [0.2, 0.25) is 5.91 Å². The van der Waals surface area contributed by atoms with Gasteiger partial charge in [-0.3, -0.25) is 4.79 Å². The van der Waals surface area contributed by atoms with Crippen molar-refractivity contribution in [2.24, 2.45) is 0 Å². The molecule has 0 spiro atoms. The maximum Gasteiger partial charge on any atom is 0.224 e. The molecule has 1 N–H and O–H groups in total. The number of nitrogens with one attached hydrogen (secondary N) is 1. The molecule has 1 amide bonds. The third-order valence-electron chi connectivity index (χ3n) is 3.03. The summed E-state index contributed by atoms with van der Waals surface area (Å²) in [6, 6.07) is 11.6.